The molecule has 3 nitrogen and oxygen atoms in total. The first-order chi connectivity index (χ1) is 9.28. The van der Waals surface area contributed by atoms with Gasteiger partial charge in [0.1, 0.15) is 5.75 Å². The zero-order valence-corrected chi connectivity index (χ0v) is 10.8. The molecule has 3 rings (SSSR count). The number of rotatable bonds is 2. The lowest BCUT2D eigenvalue weighted by Gasteiger charge is -2.17. The molecule has 1 amide bonds. The molecule has 0 fully saturated rings. The van der Waals surface area contributed by atoms with E-state index in [0.717, 1.165) is 34.4 Å². The number of fused-ring (bicyclic) bond motifs is 1. The van der Waals surface area contributed by atoms with Crippen molar-refractivity contribution >= 4 is 5.91 Å². The van der Waals surface area contributed by atoms with Crippen LogP contribution in [0.2, 0.25) is 0 Å². The third-order valence-corrected chi connectivity index (χ3v) is 3.43. The molecule has 1 heterocycles. The van der Waals surface area contributed by atoms with E-state index in [1.165, 1.54) is 0 Å². The Labute approximate surface area is 112 Å². The van der Waals surface area contributed by atoms with Gasteiger partial charge in [-0.15, -0.1) is 0 Å². The van der Waals surface area contributed by atoms with Gasteiger partial charge in [0.05, 0.1) is 7.11 Å². The summed E-state index contributed by atoms with van der Waals surface area (Å²) in [4.78, 5) is 11.7. The Hall–Kier alpha value is -2.29. The van der Waals surface area contributed by atoms with Gasteiger partial charge in [-0.05, 0) is 41.3 Å². The quantitative estimate of drug-likeness (QED) is 0.893. The summed E-state index contributed by atoms with van der Waals surface area (Å²) in [5, 5.41) is 2.86. The van der Waals surface area contributed by atoms with E-state index in [4.69, 9.17) is 4.74 Å². The molecule has 0 unspecified atom stereocenters. The average Bonchev–Trinajstić information content (AvgIpc) is 2.47. The van der Waals surface area contributed by atoms with E-state index in [0.29, 0.717) is 6.54 Å². The topological polar surface area (TPSA) is 38.3 Å². The highest BCUT2D eigenvalue weighted by Crippen LogP contribution is 2.27. The number of benzene rings is 2. The summed E-state index contributed by atoms with van der Waals surface area (Å²) in [5.74, 6) is 0.867. The van der Waals surface area contributed by atoms with Crippen LogP contribution >= 0.6 is 0 Å². The van der Waals surface area contributed by atoms with Crippen molar-refractivity contribution in [3.05, 3.63) is 53.6 Å². The molecule has 0 saturated heterocycles. The van der Waals surface area contributed by atoms with Crippen molar-refractivity contribution in [1.29, 1.82) is 0 Å². The van der Waals surface area contributed by atoms with Crippen LogP contribution in [0.4, 0.5) is 0 Å². The summed E-state index contributed by atoms with van der Waals surface area (Å²) >= 11 is 0. The standard InChI is InChI=1S/C16H15NO2/c1-19-14-4-2-3-11(10-14)12-5-6-15-13(9-12)7-8-17-16(15)18/h2-6,9-10H,7-8H2,1H3,(H,17,18). The Morgan fingerprint density at radius 3 is 2.79 bits per heavy atom. The Kier molecular flexibility index (Phi) is 2.95. The smallest absolute Gasteiger partial charge is 0.251 e. The molecule has 1 aliphatic rings. The first kappa shape index (κ1) is 11.8. The van der Waals surface area contributed by atoms with E-state index in [2.05, 4.69) is 11.4 Å². The number of hydrogen-bond acceptors (Lipinski definition) is 2. The molecule has 19 heavy (non-hydrogen) atoms. The minimum Gasteiger partial charge on any atom is -0.497 e. The fourth-order valence-electron chi connectivity index (χ4n) is 2.41. The van der Waals surface area contributed by atoms with Gasteiger partial charge in [0.15, 0.2) is 0 Å². The first-order valence-electron chi connectivity index (χ1n) is 6.33. The van der Waals surface area contributed by atoms with Crippen molar-refractivity contribution in [2.45, 2.75) is 6.42 Å². The Morgan fingerprint density at radius 1 is 1.11 bits per heavy atom. The molecular formula is C16H15NO2. The summed E-state index contributed by atoms with van der Waals surface area (Å²) in [6.07, 6.45) is 0.888. The van der Waals surface area contributed by atoms with Crippen LogP contribution in [0.25, 0.3) is 11.1 Å². The highest BCUT2D eigenvalue weighted by atomic mass is 16.5. The summed E-state index contributed by atoms with van der Waals surface area (Å²) < 4.78 is 5.24. The largest absolute Gasteiger partial charge is 0.497 e. The number of hydrogen-bond donors (Lipinski definition) is 1. The fraction of sp³-hybridized carbons (Fsp3) is 0.188. The van der Waals surface area contributed by atoms with E-state index in [1.807, 2.05) is 36.4 Å². The van der Waals surface area contributed by atoms with Crippen molar-refractivity contribution in [3.8, 4) is 16.9 Å². The Bertz CT molecular complexity index is 634. The lowest BCUT2D eigenvalue weighted by molar-refractivity contribution is 0.0946. The predicted octanol–water partition coefficient (Wildman–Crippen LogP) is 2.65. The van der Waals surface area contributed by atoms with Crippen molar-refractivity contribution < 1.29 is 9.53 Å². The summed E-state index contributed by atoms with van der Waals surface area (Å²) in [7, 11) is 1.66. The van der Waals surface area contributed by atoms with E-state index in [1.54, 1.807) is 7.11 Å². The molecule has 96 valence electrons. The molecule has 0 aliphatic carbocycles. The van der Waals surface area contributed by atoms with Gasteiger partial charge in [0.2, 0.25) is 0 Å². The van der Waals surface area contributed by atoms with Crippen LogP contribution in [0.3, 0.4) is 0 Å². The highest BCUT2D eigenvalue weighted by Gasteiger charge is 2.16. The van der Waals surface area contributed by atoms with Gasteiger partial charge in [-0.25, -0.2) is 0 Å². The third kappa shape index (κ3) is 2.19. The number of carbonyl (C=O) groups is 1. The molecule has 2 aromatic carbocycles. The van der Waals surface area contributed by atoms with E-state index in [-0.39, 0.29) is 5.91 Å². The number of carbonyl (C=O) groups excluding carboxylic acids is 1. The normalized spacial score (nSPS) is 13.6. The van der Waals surface area contributed by atoms with Crippen molar-refractivity contribution in [3.63, 3.8) is 0 Å². The van der Waals surface area contributed by atoms with Crippen molar-refractivity contribution in [2.24, 2.45) is 0 Å². The molecule has 0 bridgehead atoms. The first-order valence-corrected chi connectivity index (χ1v) is 6.33. The third-order valence-electron chi connectivity index (χ3n) is 3.43. The lowest BCUT2D eigenvalue weighted by Crippen LogP contribution is -2.31. The number of amides is 1. The van der Waals surface area contributed by atoms with Crippen LogP contribution in [0, 0.1) is 0 Å². The minimum atomic E-state index is 0.0263. The fourth-order valence-corrected chi connectivity index (χ4v) is 2.41. The van der Waals surface area contributed by atoms with Crippen LogP contribution in [0.15, 0.2) is 42.5 Å². The summed E-state index contributed by atoms with van der Waals surface area (Å²) in [6, 6.07) is 13.9. The van der Waals surface area contributed by atoms with Gasteiger partial charge in [-0.2, -0.15) is 0 Å². The maximum atomic E-state index is 11.7. The van der Waals surface area contributed by atoms with Crippen LogP contribution in [0.1, 0.15) is 15.9 Å². The second kappa shape index (κ2) is 4.76. The van der Waals surface area contributed by atoms with E-state index < -0.39 is 0 Å². The van der Waals surface area contributed by atoms with Gasteiger partial charge in [0, 0.05) is 12.1 Å². The van der Waals surface area contributed by atoms with Gasteiger partial charge < -0.3 is 10.1 Å². The zero-order chi connectivity index (χ0) is 13.2. The average molecular weight is 253 g/mol. The molecule has 0 spiro atoms. The van der Waals surface area contributed by atoms with Crippen molar-refractivity contribution in [1.82, 2.24) is 5.32 Å². The minimum absolute atomic E-state index is 0.0263. The van der Waals surface area contributed by atoms with Gasteiger partial charge in [0.25, 0.3) is 5.91 Å². The predicted molar refractivity (Wildman–Crippen MR) is 74.5 cm³/mol. The summed E-state index contributed by atoms with van der Waals surface area (Å²) in [6.45, 7) is 0.716. The maximum Gasteiger partial charge on any atom is 0.251 e. The monoisotopic (exact) mass is 253 g/mol. The summed E-state index contributed by atoms with van der Waals surface area (Å²) in [5.41, 5.74) is 4.13. The van der Waals surface area contributed by atoms with Crippen LogP contribution in [-0.2, 0) is 6.42 Å². The molecule has 0 radical (unpaired) electrons. The number of nitrogens with one attached hydrogen (secondary N) is 1. The second-order valence-electron chi connectivity index (χ2n) is 4.61. The van der Waals surface area contributed by atoms with Gasteiger partial charge >= 0.3 is 0 Å². The Morgan fingerprint density at radius 2 is 1.95 bits per heavy atom. The molecule has 0 saturated carbocycles. The van der Waals surface area contributed by atoms with Crippen LogP contribution in [-0.4, -0.2) is 19.6 Å². The number of ether oxygens (including phenoxy) is 1. The zero-order valence-electron chi connectivity index (χ0n) is 10.8. The second-order valence-corrected chi connectivity index (χ2v) is 4.61. The molecule has 0 atom stereocenters. The molecule has 0 aromatic heterocycles. The molecule has 3 heteroatoms. The molecule has 2 aromatic rings. The highest BCUT2D eigenvalue weighted by molar-refractivity contribution is 5.97. The molecule has 1 N–H and O–H groups in total. The van der Waals surface area contributed by atoms with Gasteiger partial charge in [-0.1, -0.05) is 24.3 Å². The molecule has 1 aliphatic heterocycles. The lowest BCUT2D eigenvalue weighted by atomic mass is 9.95. The van der Waals surface area contributed by atoms with E-state index >= 15 is 0 Å². The SMILES string of the molecule is COc1cccc(-c2ccc3c(c2)CCNC3=O)c1. The van der Waals surface area contributed by atoms with Gasteiger partial charge in [-0.3, -0.25) is 4.79 Å². The Balaban J connectivity index is 2.04. The van der Waals surface area contributed by atoms with E-state index in [9.17, 15) is 4.79 Å². The molecular weight excluding hydrogens is 238 g/mol. The van der Waals surface area contributed by atoms with Crippen LogP contribution in [0.5, 0.6) is 5.75 Å². The maximum absolute atomic E-state index is 11.7. The van der Waals surface area contributed by atoms with Crippen molar-refractivity contribution in [2.75, 3.05) is 13.7 Å². The number of methoxy groups -OCH3 is 1. The van der Waals surface area contributed by atoms with Crippen LogP contribution < -0.4 is 10.1 Å².